The van der Waals surface area contributed by atoms with Gasteiger partial charge in [0.1, 0.15) is 5.75 Å². The highest BCUT2D eigenvalue weighted by molar-refractivity contribution is 7.22. The van der Waals surface area contributed by atoms with Crippen molar-refractivity contribution in [3.63, 3.8) is 0 Å². The molecule has 4 rings (SSSR count). The lowest BCUT2D eigenvalue weighted by Gasteiger charge is -2.28. The van der Waals surface area contributed by atoms with Crippen molar-refractivity contribution in [2.24, 2.45) is 0 Å². The number of hydrogen-bond acceptors (Lipinski definition) is 8. The molecule has 1 saturated heterocycles. The Bertz CT molecular complexity index is 1000. The molecule has 1 amide bonds. The molecule has 1 fully saturated rings. The van der Waals surface area contributed by atoms with Gasteiger partial charge in [0.15, 0.2) is 5.13 Å². The van der Waals surface area contributed by atoms with Crippen LogP contribution >= 0.6 is 11.3 Å². The van der Waals surface area contributed by atoms with Crippen LogP contribution in [-0.2, 0) is 4.74 Å². The van der Waals surface area contributed by atoms with Crippen molar-refractivity contribution in [3.05, 3.63) is 36.2 Å². The molecular weight excluding hydrogens is 425 g/mol. The van der Waals surface area contributed by atoms with Gasteiger partial charge in [-0.3, -0.25) is 14.6 Å². The molecule has 0 spiro atoms. The summed E-state index contributed by atoms with van der Waals surface area (Å²) in [4.78, 5) is 21.0. The molecule has 1 aromatic carbocycles. The summed E-state index contributed by atoms with van der Waals surface area (Å²) in [5.41, 5.74) is 0.464. The van der Waals surface area contributed by atoms with Gasteiger partial charge < -0.3 is 14.0 Å². The average Bonchev–Trinajstić information content (AvgIpc) is 3.37. The molecular formula is C18H17F3N4O4S. The van der Waals surface area contributed by atoms with Crippen LogP contribution in [-0.4, -0.2) is 66.7 Å². The van der Waals surface area contributed by atoms with E-state index in [9.17, 15) is 18.0 Å². The highest BCUT2D eigenvalue weighted by Gasteiger charge is 2.31. The Morgan fingerprint density at radius 3 is 2.77 bits per heavy atom. The molecule has 2 aromatic heterocycles. The van der Waals surface area contributed by atoms with Crippen molar-refractivity contribution in [1.29, 1.82) is 0 Å². The van der Waals surface area contributed by atoms with Crippen LogP contribution in [0.15, 0.2) is 35.0 Å². The average molecular weight is 442 g/mol. The van der Waals surface area contributed by atoms with Crippen molar-refractivity contribution in [2.75, 3.05) is 44.3 Å². The van der Waals surface area contributed by atoms with Gasteiger partial charge in [0.05, 0.1) is 29.6 Å². The van der Waals surface area contributed by atoms with E-state index in [1.165, 1.54) is 35.4 Å². The largest absolute Gasteiger partial charge is 0.573 e. The Morgan fingerprint density at radius 2 is 2.07 bits per heavy atom. The van der Waals surface area contributed by atoms with Crippen molar-refractivity contribution < 1.29 is 32.0 Å². The molecule has 12 heteroatoms. The van der Waals surface area contributed by atoms with Crippen molar-refractivity contribution in [3.8, 4) is 5.75 Å². The molecule has 8 nitrogen and oxygen atoms in total. The number of anilines is 1. The van der Waals surface area contributed by atoms with Crippen molar-refractivity contribution in [2.45, 2.75) is 6.36 Å². The number of nitrogens with zero attached hydrogens (tertiary/aromatic N) is 4. The first-order valence-electron chi connectivity index (χ1n) is 9.08. The summed E-state index contributed by atoms with van der Waals surface area (Å²) in [6.45, 7) is 3.66. The number of carbonyl (C=O) groups is 1. The number of amides is 1. The Balaban J connectivity index is 1.60. The fourth-order valence-electron chi connectivity index (χ4n) is 3.01. The number of hydrogen-bond donors (Lipinski definition) is 0. The first-order valence-corrected chi connectivity index (χ1v) is 9.90. The summed E-state index contributed by atoms with van der Waals surface area (Å²) < 4.78 is 52.3. The van der Waals surface area contributed by atoms with Crippen LogP contribution in [0.25, 0.3) is 10.2 Å². The highest BCUT2D eigenvalue weighted by atomic mass is 32.1. The second kappa shape index (κ2) is 8.58. The van der Waals surface area contributed by atoms with Gasteiger partial charge in [-0.1, -0.05) is 16.5 Å². The fraction of sp³-hybridized carbons (Fsp3) is 0.389. The van der Waals surface area contributed by atoms with E-state index in [0.717, 1.165) is 24.4 Å². The molecule has 1 aliphatic rings. The fourth-order valence-corrected chi connectivity index (χ4v) is 4.03. The van der Waals surface area contributed by atoms with E-state index in [1.807, 2.05) is 0 Å². The minimum absolute atomic E-state index is 0.0531. The third-order valence-electron chi connectivity index (χ3n) is 4.45. The summed E-state index contributed by atoms with van der Waals surface area (Å²) in [6.07, 6.45) is -3.42. The summed E-state index contributed by atoms with van der Waals surface area (Å²) in [6, 6.07) is 5.32. The predicted molar refractivity (Wildman–Crippen MR) is 102 cm³/mol. The normalized spacial score (nSPS) is 15.4. The third kappa shape index (κ3) is 4.89. The van der Waals surface area contributed by atoms with Crippen LogP contribution in [0.1, 0.15) is 10.6 Å². The summed E-state index contributed by atoms with van der Waals surface area (Å²) in [5, 5.41) is 3.92. The van der Waals surface area contributed by atoms with Crippen LogP contribution in [0.5, 0.6) is 5.75 Å². The van der Waals surface area contributed by atoms with Crippen LogP contribution in [0, 0.1) is 0 Å². The number of thiazole rings is 1. The Morgan fingerprint density at radius 1 is 1.27 bits per heavy atom. The van der Waals surface area contributed by atoms with E-state index in [1.54, 1.807) is 0 Å². The lowest BCUT2D eigenvalue weighted by Crippen LogP contribution is -2.43. The monoisotopic (exact) mass is 442 g/mol. The topological polar surface area (TPSA) is 80.9 Å². The number of morpholine rings is 1. The number of rotatable bonds is 6. The first kappa shape index (κ1) is 20.6. The van der Waals surface area contributed by atoms with E-state index in [2.05, 4.69) is 19.8 Å². The third-order valence-corrected chi connectivity index (χ3v) is 5.49. The number of halogens is 3. The quantitative estimate of drug-likeness (QED) is 0.580. The second-order valence-electron chi connectivity index (χ2n) is 6.46. The first-order chi connectivity index (χ1) is 14.4. The second-order valence-corrected chi connectivity index (χ2v) is 7.47. The van der Waals surface area contributed by atoms with Gasteiger partial charge in [0, 0.05) is 38.3 Å². The Labute approximate surface area is 172 Å². The van der Waals surface area contributed by atoms with Crippen molar-refractivity contribution >= 4 is 32.6 Å². The van der Waals surface area contributed by atoms with Crippen LogP contribution in [0.4, 0.5) is 18.3 Å². The van der Waals surface area contributed by atoms with Crippen LogP contribution in [0.2, 0.25) is 0 Å². The SMILES string of the molecule is O=C(c1ccno1)N(CCN1CCOCC1)c1nc2ccc(OC(F)(F)F)cc2s1. The Hall–Kier alpha value is -2.70. The highest BCUT2D eigenvalue weighted by Crippen LogP contribution is 2.33. The molecule has 0 N–H and O–H groups in total. The summed E-state index contributed by atoms with van der Waals surface area (Å²) in [7, 11) is 0. The molecule has 0 unspecified atom stereocenters. The minimum Gasteiger partial charge on any atom is -0.406 e. The number of alkyl halides is 3. The van der Waals surface area contributed by atoms with Gasteiger partial charge >= 0.3 is 6.36 Å². The maximum absolute atomic E-state index is 13.0. The number of ether oxygens (including phenoxy) is 2. The molecule has 3 heterocycles. The van der Waals surface area contributed by atoms with Gasteiger partial charge in [0.2, 0.25) is 5.76 Å². The zero-order valence-electron chi connectivity index (χ0n) is 15.6. The maximum atomic E-state index is 13.0. The van der Waals surface area contributed by atoms with Gasteiger partial charge in [-0.2, -0.15) is 0 Å². The molecule has 0 atom stereocenters. The molecule has 1 aliphatic heterocycles. The van der Waals surface area contributed by atoms with E-state index in [-0.39, 0.29) is 11.5 Å². The van der Waals surface area contributed by atoms with Crippen molar-refractivity contribution in [1.82, 2.24) is 15.0 Å². The molecule has 0 bridgehead atoms. The lowest BCUT2D eigenvalue weighted by atomic mass is 10.3. The number of carbonyl (C=O) groups excluding carboxylic acids is 1. The molecule has 0 radical (unpaired) electrons. The smallest absolute Gasteiger partial charge is 0.406 e. The van der Waals surface area contributed by atoms with E-state index >= 15 is 0 Å². The molecule has 0 aliphatic carbocycles. The van der Waals surface area contributed by atoms with Gasteiger partial charge in [0.25, 0.3) is 5.91 Å². The van der Waals surface area contributed by atoms with E-state index in [0.29, 0.717) is 41.7 Å². The maximum Gasteiger partial charge on any atom is 0.573 e. The van der Waals surface area contributed by atoms with E-state index < -0.39 is 12.3 Å². The molecule has 160 valence electrons. The number of benzene rings is 1. The standard InChI is InChI=1S/C18H17F3N4O4S/c19-18(20,21)28-12-1-2-13-15(11-12)30-17(23-13)25(16(26)14-3-4-22-29-14)6-5-24-7-9-27-10-8-24/h1-4,11H,5-10H2. The minimum atomic E-state index is -4.78. The number of aromatic nitrogens is 2. The van der Waals surface area contributed by atoms with Crippen LogP contribution < -0.4 is 9.64 Å². The zero-order valence-corrected chi connectivity index (χ0v) is 16.4. The van der Waals surface area contributed by atoms with E-state index in [4.69, 9.17) is 9.26 Å². The van der Waals surface area contributed by atoms with Gasteiger partial charge in [-0.25, -0.2) is 4.98 Å². The van der Waals surface area contributed by atoms with Gasteiger partial charge in [-0.15, -0.1) is 13.2 Å². The summed E-state index contributed by atoms with van der Waals surface area (Å²) in [5.74, 6) is -0.712. The zero-order chi connectivity index (χ0) is 21.1. The number of fused-ring (bicyclic) bond motifs is 1. The molecule has 3 aromatic rings. The Kier molecular flexibility index (Phi) is 5.88. The lowest BCUT2D eigenvalue weighted by molar-refractivity contribution is -0.274. The molecule has 0 saturated carbocycles. The summed E-state index contributed by atoms with van der Waals surface area (Å²) >= 11 is 1.10. The predicted octanol–water partition coefficient (Wildman–Crippen LogP) is 3.16. The molecule has 30 heavy (non-hydrogen) atoms. The van der Waals surface area contributed by atoms with Crippen LogP contribution in [0.3, 0.4) is 0 Å². The van der Waals surface area contributed by atoms with Gasteiger partial charge in [-0.05, 0) is 12.1 Å².